The maximum Gasteiger partial charge on any atom is 0.240 e. The largest absolute Gasteiger partial charge is 0.366 e. The summed E-state index contributed by atoms with van der Waals surface area (Å²) in [5.74, 6) is 0.353. The molecule has 0 spiro atoms. The fraction of sp³-hybridized carbons (Fsp3) is 0.545. The van der Waals surface area contributed by atoms with Crippen LogP contribution in [0.1, 0.15) is 57.9 Å². The number of anilines is 1. The van der Waals surface area contributed by atoms with E-state index in [0.717, 1.165) is 49.0 Å². The SMILES string of the molecule is CC[C@H](C)NC(OC)c1cc(-c2cnn(C3CCN(C(C)=O)CC3)c2)cn2nc(N)nc12. The summed E-state index contributed by atoms with van der Waals surface area (Å²) >= 11 is 0. The van der Waals surface area contributed by atoms with Crippen molar-refractivity contribution in [2.75, 3.05) is 25.9 Å². The number of ether oxygens (including phenoxy) is 1. The Labute approximate surface area is 187 Å². The number of fused-ring (bicyclic) bond motifs is 1. The number of hydrogen-bond donors (Lipinski definition) is 2. The molecule has 0 saturated carbocycles. The molecule has 172 valence electrons. The van der Waals surface area contributed by atoms with E-state index in [1.165, 1.54) is 0 Å². The second-order valence-corrected chi connectivity index (χ2v) is 8.46. The van der Waals surface area contributed by atoms with Gasteiger partial charge in [0, 0.05) is 62.2 Å². The van der Waals surface area contributed by atoms with Crippen molar-refractivity contribution in [1.82, 2.24) is 34.6 Å². The van der Waals surface area contributed by atoms with Gasteiger partial charge in [0.15, 0.2) is 5.65 Å². The number of pyridine rings is 1. The Balaban J connectivity index is 1.64. The summed E-state index contributed by atoms with van der Waals surface area (Å²) in [6.45, 7) is 7.40. The maximum absolute atomic E-state index is 11.6. The fourth-order valence-electron chi connectivity index (χ4n) is 4.17. The van der Waals surface area contributed by atoms with Crippen molar-refractivity contribution >= 4 is 17.5 Å². The monoisotopic (exact) mass is 440 g/mol. The number of hydrogen-bond acceptors (Lipinski definition) is 7. The van der Waals surface area contributed by atoms with Gasteiger partial charge in [-0.1, -0.05) is 6.92 Å². The quantitative estimate of drug-likeness (QED) is 0.542. The van der Waals surface area contributed by atoms with Crippen molar-refractivity contribution in [1.29, 1.82) is 0 Å². The first-order valence-electron chi connectivity index (χ1n) is 11.1. The molecule has 1 aliphatic heterocycles. The third-order valence-corrected chi connectivity index (χ3v) is 6.26. The van der Waals surface area contributed by atoms with Crippen molar-refractivity contribution < 1.29 is 9.53 Å². The smallest absolute Gasteiger partial charge is 0.240 e. The number of nitrogen functional groups attached to an aromatic ring is 1. The average molecular weight is 441 g/mol. The summed E-state index contributed by atoms with van der Waals surface area (Å²) < 4.78 is 9.47. The number of rotatable bonds is 7. The van der Waals surface area contributed by atoms with Gasteiger partial charge < -0.3 is 15.4 Å². The van der Waals surface area contributed by atoms with Crippen LogP contribution in [-0.2, 0) is 9.53 Å². The molecule has 0 bridgehead atoms. The normalized spacial score (nSPS) is 17.1. The molecule has 0 radical (unpaired) electrons. The van der Waals surface area contributed by atoms with Crippen molar-refractivity contribution in [3.8, 4) is 11.1 Å². The number of nitrogens with one attached hydrogen (secondary N) is 1. The first-order valence-corrected chi connectivity index (χ1v) is 11.1. The van der Waals surface area contributed by atoms with Crippen molar-refractivity contribution in [3.63, 3.8) is 0 Å². The molecule has 3 aromatic rings. The molecule has 1 amide bonds. The van der Waals surface area contributed by atoms with E-state index in [-0.39, 0.29) is 30.2 Å². The Hall–Kier alpha value is -2.98. The van der Waals surface area contributed by atoms with E-state index in [1.54, 1.807) is 18.5 Å². The summed E-state index contributed by atoms with van der Waals surface area (Å²) in [4.78, 5) is 17.9. The third-order valence-electron chi connectivity index (χ3n) is 6.26. The van der Waals surface area contributed by atoms with E-state index in [9.17, 15) is 4.79 Å². The highest BCUT2D eigenvalue weighted by atomic mass is 16.5. The van der Waals surface area contributed by atoms with Gasteiger partial charge in [0.25, 0.3) is 0 Å². The summed E-state index contributed by atoms with van der Waals surface area (Å²) in [5, 5.41) is 12.4. The van der Waals surface area contributed by atoms with E-state index in [2.05, 4.69) is 46.6 Å². The van der Waals surface area contributed by atoms with E-state index in [0.29, 0.717) is 5.65 Å². The van der Waals surface area contributed by atoms with Crippen molar-refractivity contribution in [3.05, 3.63) is 30.2 Å². The number of methoxy groups -OCH3 is 1. The van der Waals surface area contributed by atoms with E-state index >= 15 is 0 Å². The number of piperidine rings is 1. The summed E-state index contributed by atoms with van der Waals surface area (Å²) in [5.41, 5.74) is 9.38. The van der Waals surface area contributed by atoms with Gasteiger partial charge in [0.2, 0.25) is 11.9 Å². The second kappa shape index (κ2) is 9.25. The molecular weight excluding hydrogens is 408 g/mol. The zero-order valence-electron chi connectivity index (χ0n) is 19.2. The predicted molar refractivity (Wildman–Crippen MR) is 122 cm³/mol. The fourth-order valence-corrected chi connectivity index (χ4v) is 4.17. The average Bonchev–Trinajstić information content (AvgIpc) is 3.43. The van der Waals surface area contributed by atoms with Crippen LogP contribution in [0.25, 0.3) is 16.8 Å². The first-order chi connectivity index (χ1) is 15.4. The molecule has 2 atom stereocenters. The van der Waals surface area contributed by atoms with Gasteiger partial charge in [0.05, 0.1) is 12.2 Å². The molecule has 1 fully saturated rings. The molecule has 1 saturated heterocycles. The highest BCUT2D eigenvalue weighted by Gasteiger charge is 2.24. The van der Waals surface area contributed by atoms with Crippen LogP contribution in [0.15, 0.2) is 24.7 Å². The van der Waals surface area contributed by atoms with Gasteiger partial charge in [-0.2, -0.15) is 10.1 Å². The van der Waals surface area contributed by atoms with Crippen LogP contribution >= 0.6 is 0 Å². The molecule has 4 rings (SSSR count). The Morgan fingerprint density at radius 2 is 2.06 bits per heavy atom. The molecule has 3 aromatic heterocycles. The second-order valence-electron chi connectivity index (χ2n) is 8.46. The van der Waals surface area contributed by atoms with Crippen LogP contribution in [0, 0.1) is 0 Å². The van der Waals surface area contributed by atoms with Crippen LogP contribution in [0.5, 0.6) is 0 Å². The summed E-state index contributed by atoms with van der Waals surface area (Å²) in [7, 11) is 1.67. The number of carbonyl (C=O) groups is 1. The number of aromatic nitrogens is 5. The Morgan fingerprint density at radius 3 is 2.72 bits per heavy atom. The molecule has 10 heteroatoms. The van der Waals surface area contributed by atoms with Crippen LogP contribution in [0.2, 0.25) is 0 Å². The molecule has 1 aliphatic rings. The molecule has 1 unspecified atom stereocenters. The van der Waals surface area contributed by atoms with Gasteiger partial charge in [-0.15, -0.1) is 5.10 Å². The lowest BCUT2D eigenvalue weighted by molar-refractivity contribution is -0.130. The lowest BCUT2D eigenvalue weighted by Gasteiger charge is -2.31. The van der Waals surface area contributed by atoms with Crippen LogP contribution in [0.3, 0.4) is 0 Å². The topological polar surface area (TPSA) is 116 Å². The lowest BCUT2D eigenvalue weighted by Crippen LogP contribution is -2.37. The van der Waals surface area contributed by atoms with Crippen LogP contribution in [0.4, 0.5) is 5.95 Å². The Morgan fingerprint density at radius 1 is 1.31 bits per heavy atom. The molecule has 0 aromatic carbocycles. The minimum atomic E-state index is -0.345. The highest BCUT2D eigenvalue weighted by molar-refractivity contribution is 5.73. The zero-order chi connectivity index (χ0) is 22.8. The van der Waals surface area contributed by atoms with Crippen LogP contribution < -0.4 is 11.1 Å². The number of likely N-dealkylation sites (tertiary alicyclic amines) is 1. The molecule has 4 heterocycles. The summed E-state index contributed by atoms with van der Waals surface area (Å²) in [6, 6.07) is 2.61. The van der Waals surface area contributed by atoms with Crippen molar-refractivity contribution in [2.45, 2.75) is 58.3 Å². The standard InChI is InChI=1S/C22H32N8O2/c1-5-14(2)25-21(32-4)19-10-16(12-30-20(19)26-22(23)27-30)17-11-24-29(13-17)18-6-8-28(9-7-18)15(3)31/h10-14,18,21,25H,5-9H2,1-4H3,(H2,23,27)/t14-,21?/m0/s1. The minimum absolute atomic E-state index is 0.135. The van der Waals surface area contributed by atoms with Gasteiger partial charge in [-0.05, 0) is 32.3 Å². The number of carbonyl (C=O) groups excluding carboxylic acids is 1. The molecule has 3 N–H and O–H groups in total. The van der Waals surface area contributed by atoms with Gasteiger partial charge in [0.1, 0.15) is 6.23 Å². The maximum atomic E-state index is 11.6. The Kier molecular flexibility index (Phi) is 6.43. The Bertz CT molecular complexity index is 1080. The lowest BCUT2D eigenvalue weighted by atomic mass is 10.0. The summed E-state index contributed by atoms with van der Waals surface area (Å²) in [6.07, 6.45) is 8.26. The minimum Gasteiger partial charge on any atom is -0.366 e. The highest BCUT2D eigenvalue weighted by Crippen LogP contribution is 2.29. The van der Waals surface area contributed by atoms with E-state index in [4.69, 9.17) is 10.5 Å². The molecule has 10 nitrogen and oxygen atoms in total. The first kappa shape index (κ1) is 22.2. The number of amides is 1. The van der Waals surface area contributed by atoms with Gasteiger partial charge in [-0.25, -0.2) is 4.52 Å². The van der Waals surface area contributed by atoms with Crippen LogP contribution in [-0.4, -0.2) is 61.4 Å². The number of nitrogens with two attached hydrogens (primary N) is 1. The van der Waals surface area contributed by atoms with Gasteiger partial charge >= 0.3 is 0 Å². The van der Waals surface area contributed by atoms with Crippen molar-refractivity contribution in [2.24, 2.45) is 0 Å². The molecule has 32 heavy (non-hydrogen) atoms. The van der Waals surface area contributed by atoms with E-state index < -0.39 is 0 Å². The van der Waals surface area contributed by atoms with E-state index in [1.807, 2.05) is 22.0 Å². The molecule has 0 aliphatic carbocycles. The number of nitrogens with zero attached hydrogens (tertiary/aromatic N) is 6. The third kappa shape index (κ3) is 4.46. The molecular formula is C22H32N8O2. The van der Waals surface area contributed by atoms with Gasteiger partial charge in [-0.3, -0.25) is 14.8 Å². The zero-order valence-corrected chi connectivity index (χ0v) is 19.2. The predicted octanol–water partition coefficient (Wildman–Crippen LogP) is 2.39.